The van der Waals surface area contributed by atoms with Crippen molar-refractivity contribution < 1.29 is 14.7 Å². The molecule has 0 fully saturated rings. The number of thiophene rings is 1. The van der Waals surface area contributed by atoms with Crippen LogP contribution in [0.15, 0.2) is 18.2 Å². The van der Waals surface area contributed by atoms with Crippen LogP contribution < -0.4 is 9.47 Å². The third-order valence-corrected chi connectivity index (χ3v) is 3.68. The molecular weight excluding hydrogens is 252 g/mol. The first-order chi connectivity index (χ1) is 8.56. The molecule has 0 bridgehead atoms. The van der Waals surface area contributed by atoms with Crippen molar-refractivity contribution in [3.8, 4) is 11.5 Å². The minimum Gasteiger partial charge on any atom is -0.493 e. The maximum Gasteiger partial charge on any atom is 0.162 e. The predicted molar refractivity (Wildman–Crippen MR) is 71.3 cm³/mol. The van der Waals surface area contributed by atoms with E-state index in [1.807, 2.05) is 18.2 Å². The number of amidine groups is 1. The standard InChI is InChI=1S/C12H14N2O3S/c1-14(15)12(13)11-5-7-4-8(16-2)9(17-3)6-10(7)18-11/h4-6,13,15H,1-3H3. The third kappa shape index (κ3) is 2.12. The van der Waals surface area contributed by atoms with E-state index >= 15 is 0 Å². The molecule has 0 unspecified atom stereocenters. The zero-order chi connectivity index (χ0) is 13.3. The van der Waals surface area contributed by atoms with E-state index in [0.717, 1.165) is 15.1 Å². The molecule has 5 nitrogen and oxygen atoms in total. The first-order valence-electron chi connectivity index (χ1n) is 5.24. The molecule has 6 heteroatoms. The summed E-state index contributed by atoms with van der Waals surface area (Å²) in [6.07, 6.45) is 0. The number of nitrogens with zero attached hydrogens (tertiary/aromatic N) is 1. The van der Waals surface area contributed by atoms with Crippen molar-refractivity contribution in [1.82, 2.24) is 5.06 Å². The SMILES string of the molecule is COc1cc2cc(C(=N)N(C)O)sc2cc1OC. The van der Waals surface area contributed by atoms with Crippen molar-refractivity contribution >= 4 is 27.3 Å². The fourth-order valence-electron chi connectivity index (χ4n) is 1.64. The lowest BCUT2D eigenvalue weighted by atomic mass is 10.2. The molecule has 0 amide bonds. The Morgan fingerprint density at radius 3 is 2.39 bits per heavy atom. The van der Waals surface area contributed by atoms with Crippen LogP contribution in [0, 0.1) is 5.41 Å². The Morgan fingerprint density at radius 1 is 1.22 bits per heavy atom. The second-order valence-electron chi connectivity index (χ2n) is 3.73. The van der Waals surface area contributed by atoms with Crippen molar-refractivity contribution in [2.75, 3.05) is 21.3 Å². The van der Waals surface area contributed by atoms with Crippen LogP contribution in [0.1, 0.15) is 4.88 Å². The van der Waals surface area contributed by atoms with Crippen LogP contribution in [0.2, 0.25) is 0 Å². The van der Waals surface area contributed by atoms with Crippen LogP contribution in [0.3, 0.4) is 0 Å². The predicted octanol–water partition coefficient (Wildman–Crippen LogP) is 2.56. The molecule has 1 aromatic heterocycles. The average molecular weight is 266 g/mol. The summed E-state index contributed by atoms with van der Waals surface area (Å²) in [7, 11) is 4.59. The number of fused-ring (bicyclic) bond motifs is 1. The van der Waals surface area contributed by atoms with Gasteiger partial charge in [-0.05, 0) is 17.5 Å². The lowest BCUT2D eigenvalue weighted by Gasteiger charge is -2.08. The lowest BCUT2D eigenvalue weighted by molar-refractivity contribution is 0.0136. The molecule has 1 aromatic carbocycles. The van der Waals surface area contributed by atoms with Gasteiger partial charge in [-0.15, -0.1) is 11.3 Å². The molecule has 2 rings (SSSR count). The van der Waals surface area contributed by atoms with Gasteiger partial charge in [0.05, 0.1) is 19.1 Å². The van der Waals surface area contributed by atoms with E-state index in [4.69, 9.17) is 14.9 Å². The number of benzene rings is 1. The minimum atomic E-state index is 0.0640. The van der Waals surface area contributed by atoms with E-state index in [1.165, 1.54) is 18.4 Å². The van der Waals surface area contributed by atoms with Crippen molar-refractivity contribution in [2.24, 2.45) is 0 Å². The molecule has 0 saturated carbocycles. The third-order valence-electron chi connectivity index (χ3n) is 2.58. The number of ether oxygens (including phenoxy) is 2. The Bertz CT molecular complexity index is 551. The fraction of sp³-hybridized carbons (Fsp3) is 0.250. The van der Waals surface area contributed by atoms with Gasteiger partial charge in [-0.2, -0.15) is 0 Å². The van der Waals surface area contributed by atoms with Gasteiger partial charge in [0.2, 0.25) is 0 Å². The van der Waals surface area contributed by atoms with Gasteiger partial charge < -0.3 is 9.47 Å². The maximum absolute atomic E-state index is 9.27. The smallest absolute Gasteiger partial charge is 0.162 e. The molecule has 0 aliphatic rings. The number of hydrogen-bond acceptors (Lipinski definition) is 5. The van der Waals surface area contributed by atoms with Crippen LogP contribution in [0.25, 0.3) is 10.1 Å². The van der Waals surface area contributed by atoms with Gasteiger partial charge in [-0.25, -0.2) is 5.06 Å². The van der Waals surface area contributed by atoms with Gasteiger partial charge in [0, 0.05) is 17.8 Å². The zero-order valence-corrected chi connectivity index (χ0v) is 11.2. The highest BCUT2D eigenvalue weighted by atomic mass is 32.1. The number of hydrogen-bond donors (Lipinski definition) is 2. The van der Waals surface area contributed by atoms with Gasteiger partial charge >= 0.3 is 0 Å². The van der Waals surface area contributed by atoms with Crippen molar-refractivity contribution in [2.45, 2.75) is 0 Å². The van der Waals surface area contributed by atoms with Gasteiger partial charge in [-0.3, -0.25) is 10.6 Å². The van der Waals surface area contributed by atoms with Crippen molar-refractivity contribution in [3.05, 3.63) is 23.1 Å². The number of nitrogens with one attached hydrogen (secondary N) is 1. The summed E-state index contributed by atoms with van der Waals surface area (Å²) in [5.41, 5.74) is 0. The summed E-state index contributed by atoms with van der Waals surface area (Å²) in [6, 6.07) is 5.57. The fourth-order valence-corrected chi connectivity index (χ4v) is 2.70. The van der Waals surface area contributed by atoms with Crippen LogP contribution in [0.5, 0.6) is 11.5 Å². The van der Waals surface area contributed by atoms with Gasteiger partial charge in [0.1, 0.15) is 0 Å². The molecular formula is C12H14N2O3S. The largest absolute Gasteiger partial charge is 0.493 e. The summed E-state index contributed by atoms with van der Waals surface area (Å²) in [6.45, 7) is 0. The highest BCUT2D eigenvalue weighted by molar-refractivity contribution is 7.20. The first-order valence-corrected chi connectivity index (χ1v) is 6.05. The molecule has 2 N–H and O–H groups in total. The van der Waals surface area contributed by atoms with Gasteiger partial charge in [0.25, 0.3) is 0 Å². The molecule has 0 atom stereocenters. The Kier molecular flexibility index (Phi) is 3.40. The van der Waals surface area contributed by atoms with Crippen molar-refractivity contribution in [1.29, 1.82) is 5.41 Å². The summed E-state index contributed by atoms with van der Waals surface area (Å²) >= 11 is 1.42. The van der Waals surface area contributed by atoms with E-state index < -0.39 is 0 Å². The van der Waals surface area contributed by atoms with Crippen LogP contribution in [0.4, 0.5) is 0 Å². The van der Waals surface area contributed by atoms with Crippen LogP contribution in [-0.2, 0) is 0 Å². The molecule has 0 radical (unpaired) electrons. The molecule has 18 heavy (non-hydrogen) atoms. The van der Waals surface area contributed by atoms with E-state index in [2.05, 4.69) is 0 Å². The van der Waals surface area contributed by atoms with Crippen LogP contribution >= 0.6 is 11.3 Å². The highest BCUT2D eigenvalue weighted by Gasteiger charge is 2.13. The summed E-state index contributed by atoms with van der Waals surface area (Å²) < 4.78 is 11.4. The monoisotopic (exact) mass is 266 g/mol. The maximum atomic E-state index is 9.27. The van der Waals surface area contributed by atoms with E-state index in [1.54, 1.807) is 14.2 Å². The second kappa shape index (κ2) is 4.83. The average Bonchev–Trinajstić information content (AvgIpc) is 2.78. The Morgan fingerprint density at radius 2 is 1.83 bits per heavy atom. The Labute approximate surface area is 109 Å². The van der Waals surface area contributed by atoms with Crippen molar-refractivity contribution in [3.63, 3.8) is 0 Å². The molecule has 96 valence electrons. The second-order valence-corrected chi connectivity index (χ2v) is 4.81. The zero-order valence-electron chi connectivity index (χ0n) is 10.4. The van der Waals surface area contributed by atoms with E-state index in [0.29, 0.717) is 16.4 Å². The summed E-state index contributed by atoms with van der Waals surface area (Å²) in [5.74, 6) is 1.37. The summed E-state index contributed by atoms with van der Waals surface area (Å²) in [4.78, 5) is 0.685. The van der Waals surface area contributed by atoms with E-state index in [-0.39, 0.29) is 5.84 Å². The van der Waals surface area contributed by atoms with Gasteiger partial charge in [-0.1, -0.05) is 0 Å². The van der Waals surface area contributed by atoms with E-state index in [9.17, 15) is 5.21 Å². The molecule has 0 saturated heterocycles. The molecule has 2 aromatic rings. The summed E-state index contributed by atoms with van der Waals surface area (Å²) in [5, 5.41) is 18.8. The lowest BCUT2D eigenvalue weighted by Crippen LogP contribution is -2.21. The number of hydroxylamine groups is 2. The Balaban J connectivity index is 2.54. The topological polar surface area (TPSA) is 65.8 Å². The molecule has 0 spiro atoms. The number of rotatable bonds is 3. The Hall–Kier alpha value is -1.79. The normalized spacial score (nSPS) is 10.4. The number of methoxy groups -OCH3 is 2. The highest BCUT2D eigenvalue weighted by Crippen LogP contribution is 2.36. The molecule has 1 heterocycles. The minimum absolute atomic E-state index is 0.0640. The van der Waals surface area contributed by atoms with Crippen LogP contribution in [-0.4, -0.2) is 37.4 Å². The van der Waals surface area contributed by atoms with Gasteiger partial charge in [0.15, 0.2) is 17.3 Å². The first kappa shape index (κ1) is 12.7. The quantitative estimate of drug-likeness (QED) is 0.509. The molecule has 0 aliphatic heterocycles. The molecule has 0 aliphatic carbocycles.